The average Bonchev–Trinajstić information content (AvgIpc) is 2.41. The molecule has 0 radical (unpaired) electrons. The molecule has 0 aliphatic heterocycles. The maximum atomic E-state index is 5.57. The largest absolute Gasteiger partial charge is 0.379 e. The van der Waals surface area contributed by atoms with Crippen molar-refractivity contribution in [2.75, 3.05) is 36.9 Å². The van der Waals surface area contributed by atoms with E-state index in [0.717, 1.165) is 44.2 Å². The van der Waals surface area contributed by atoms with Gasteiger partial charge in [-0.25, -0.2) is 9.97 Å². The second-order valence-electron chi connectivity index (χ2n) is 5.23. The summed E-state index contributed by atoms with van der Waals surface area (Å²) in [5.74, 6) is 2.44. The Morgan fingerprint density at radius 2 is 1.85 bits per heavy atom. The molecule has 0 saturated carbocycles. The summed E-state index contributed by atoms with van der Waals surface area (Å²) in [6, 6.07) is 0. The lowest BCUT2D eigenvalue weighted by atomic mass is 10.1. The Balaban J connectivity index is 2.56. The molecule has 0 bridgehead atoms. The van der Waals surface area contributed by atoms with E-state index in [1.807, 2.05) is 0 Å². The summed E-state index contributed by atoms with van der Waals surface area (Å²) in [6.45, 7) is 11.7. The zero-order chi connectivity index (χ0) is 14.8. The van der Waals surface area contributed by atoms with Crippen LogP contribution < -0.4 is 10.6 Å². The molecule has 0 aliphatic rings. The van der Waals surface area contributed by atoms with Crippen LogP contribution >= 0.6 is 0 Å². The van der Waals surface area contributed by atoms with Crippen molar-refractivity contribution in [3.8, 4) is 0 Å². The van der Waals surface area contributed by atoms with E-state index in [0.29, 0.717) is 12.5 Å². The number of rotatable bonds is 10. The van der Waals surface area contributed by atoms with Gasteiger partial charge >= 0.3 is 0 Å². The van der Waals surface area contributed by atoms with Crippen LogP contribution in [0.2, 0.25) is 0 Å². The summed E-state index contributed by atoms with van der Waals surface area (Å²) in [5.41, 5.74) is 1.17. The number of anilines is 2. The van der Waals surface area contributed by atoms with Gasteiger partial charge in [-0.3, -0.25) is 0 Å². The maximum absolute atomic E-state index is 5.57. The van der Waals surface area contributed by atoms with Gasteiger partial charge in [-0.15, -0.1) is 0 Å². The van der Waals surface area contributed by atoms with Gasteiger partial charge in [-0.1, -0.05) is 27.2 Å². The topological polar surface area (TPSA) is 59.1 Å². The van der Waals surface area contributed by atoms with Crippen LogP contribution in [0.3, 0.4) is 0 Å². The summed E-state index contributed by atoms with van der Waals surface area (Å²) in [4.78, 5) is 8.68. The Morgan fingerprint density at radius 3 is 2.45 bits per heavy atom. The van der Waals surface area contributed by atoms with Crippen LogP contribution in [0.15, 0.2) is 6.33 Å². The van der Waals surface area contributed by atoms with E-state index in [1.165, 1.54) is 5.56 Å². The Kier molecular flexibility index (Phi) is 7.95. The summed E-state index contributed by atoms with van der Waals surface area (Å²) in [5, 5.41) is 6.65. The van der Waals surface area contributed by atoms with Crippen molar-refractivity contribution in [3.63, 3.8) is 0 Å². The molecule has 1 heterocycles. The molecule has 0 fully saturated rings. The van der Waals surface area contributed by atoms with Crippen molar-refractivity contribution >= 4 is 11.6 Å². The van der Waals surface area contributed by atoms with Gasteiger partial charge in [0.1, 0.15) is 18.0 Å². The Bertz CT molecular complexity index is 382. The number of nitrogens with one attached hydrogen (secondary N) is 2. The smallest absolute Gasteiger partial charge is 0.134 e. The van der Waals surface area contributed by atoms with E-state index in [2.05, 4.69) is 48.3 Å². The minimum atomic E-state index is 0.574. The fourth-order valence-corrected chi connectivity index (χ4v) is 1.93. The summed E-state index contributed by atoms with van der Waals surface area (Å²) >= 11 is 0. The van der Waals surface area contributed by atoms with Gasteiger partial charge in [0.25, 0.3) is 0 Å². The van der Waals surface area contributed by atoms with Crippen LogP contribution in [0.25, 0.3) is 0 Å². The molecule has 1 aromatic rings. The van der Waals surface area contributed by atoms with Crippen LogP contribution in [0.5, 0.6) is 0 Å². The van der Waals surface area contributed by atoms with Crippen molar-refractivity contribution < 1.29 is 4.74 Å². The lowest BCUT2D eigenvalue weighted by Gasteiger charge is -2.14. The first kappa shape index (κ1) is 16.7. The standard InChI is InChI=1S/C15H28N4O/c1-5-7-13-14(16-6-2)18-11-19-15(13)17-8-9-20-10-12(3)4/h11-12H,5-10H2,1-4H3,(H2,16,17,18,19). The van der Waals surface area contributed by atoms with Crippen LogP contribution in [0.1, 0.15) is 39.7 Å². The number of ether oxygens (including phenoxy) is 1. The van der Waals surface area contributed by atoms with Crippen LogP contribution in [-0.4, -0.2) is 36.3 Å². The van der Waals surface area contributed by atoms with Crippen molar-refractivity contribution in [1.29, 1.82) is 0 Å². The zero-order valence-electron chi connectivity index (χ0n) is 13.2. The predicted octanol–water partition coefficient (Wildman–Crippen LogP) is 2.95. The second kappa shape index (κ2) is 9.53. The highest BCUT2D eigenvalue weighted by Crippen LogP contribution is 2.21. The number of aromatic nitrogens is 2. The quantitative estimate of drug-likeness (QED) is 0.645. The van der Waals surface area contributed by atoms with E-state index in [1.54, 1.807) is 6.33 Å². The van der Waals surface area contributed by atoms with Gasteiger partial charge in [-0.2, -0.15) is 0 Å². The molecule has 0 atom stereocenters. The lowest BCUT2D eigenvalue weighted by molar-refractivity contribution is 0.118. The summed E-state index contributed by atoms with van der Waals surface area (Å²) in [6.07, 6.45) is 3.65. The minimum absolute atomic E-state index is 0.574. The highest BCUT2D eigenvalue weighted by atomic mass is 16.5. The predicted molar refractivity (Wildman–Crippen MR) is 84.3 cm³/mol. The molecule has 0 aliphatic carbocycles. The Hall–Kier alpha value is -1.36. The molecule has 1 rings (SSSR count). The van der Waals surface area contributed by atoms with Crippen LogP contribution in [0, 0.1) is 5.92 Å². The molecule has 114 valence electrons. The third kappa shape index (κ3) is 5.74. The van der Waals surface area contributed by atoms with Gasteiger partial charge in [0, 0.05) is 25.3 Å². The molecule has 1 aromatic heterocycles. The Morgan fingerprint density at radius 1 is 1.15 bits per heavy atom. The van der Waals surface area contributed by atoms with E-state index in [-0.39, 0.29) is 0 Å². The fourth-order valence-electron chi connectivity index (χ4n) is 1.93. The number of hydrogen-bond donors (Lipinski definition) is 2. The molecule has 0 unspecified atom stereocenters. The van der Waals surface area contributed by atoms with Gasteiger partial charge in [0.15, 0.2) is 0 Å². The first-order chi connectivity index (χ1) is 9.69. The molecule has 5 nitrogen and oxygen atoms in total. The molecule has 5 heteroatoms. The third-order valence-electron chi connectivity index (χ3n) is 2.78. The first-order valence-corrected chi connectivity index (χ1v) is 7.58. The molecule has 2 N–H and O–H groups in total. The highest BCUT2D eigenvalue weighted by molar-refractivity contribution is 5.57. The van der Waals surface area contributed by atoms with Gasteiger partial charge in [0.05, 0.1) is 6.61 Å². The van der Waals surface area contributed by atoms with E-state index < -0.39 is 0 Å². The molecular formula is C15H28N4O. The van der Waals surface area contributed by atoms with Crippen LogP contribution in [0.4, 0.5) is 11.6 Å². The molecule has 0 saturated heterocycles. The number of hydrogen-bond acceptors (Lipinski definition) is 5. The summed E-state index contributed by atoms with van der Waals surface area (Å²) in [7, 11) is 0. The maximum Gasteiger partial charge on any atom is 0.134 e. The van der Waals surface area contributed by atoms with Crippen molar-refractivity contribution in [1.82, 2.24) is 9.97 Å². The Labute approximate surface area is 122 Å². The molecule has 20 heavy (non-hydrogen) atoms. The van der Waals surface area contributed by atoms with E-state index in [9.17, 15) is 0 Å². The average molecular weight is 280 g/mol. The van der Waals surface area contributed by atoms with Gasteiger partial charge in [-0.05, 0) is 19.3 Å². The van der Waals surface area contributed by atoms with E-state index >= 15 is 0 Å². The molecular weight excluding hydrogens is 252 g/mol. The fraction of sp³-hybridized carbons (Fsp3) is 0.733. The van der Waals surface area contributed by atoms with Gasteiger partial charge in [0.2, 0.25) is 0 Å². The lowest BCUT2D eigenvalue weighted by Crippen LogP contribution is -2.15. The highest BCUT2D eigenvalue weighted by Gasteiger charge is 2.09. The van der Waals surface area contributed by atoms with Crippen molar-refractivity contribution in [2.45, 2.75) is 40.5 Å². The van der Waals surface area contributed by atoms with Crippen LogP contribution in [-0.2, 0) is 11.2 Å². The first-order valence-electron chi connectivity index (χ1n) is 7.58. The minimum Gasteiger partial charge on any atom is -0.379 e. The molecule has 0 aromatic carbocycles. The van der Waals surface area contributed by atoms with Gasteiger partial charge < -0.3 is 15.4 Å². The van der Waals surface area contributed by atoms with E-state index in [4.69, 9.17) is 4.74 Å². The zero-order valence-corrected chi connectivity index (χ0v) is 13.2. The van der Waals surface area contributed by atoms with Crippen molar-refractivity contribution in [3.05, 3.63) is 11.9 Å². The monoisotopic (exact) mass is 280 g/mol. The normalized spacial score (nSPS) is 10.8. The SMILES string of the molecule is CCCc1c(NCC)ncnc1NCCOCC(C)C. The van der Waals surface area contributed by atoms with Crippen molar-refractivity contribution in [2.24, 2.45) is 5.92 Å². The summed E-state index contributed by atoms with van der Waals surface area (Å²) < 4.78 is 5.57. The third-order valence-corrected chi connectivity index (χ3v) is 2.78. The second-order valence-corrected chi connectivity index (χ2v) is 5.23. The number of nitrogens with zero attached hydrogens (tertiary/aromatic N) is 2. The molecule has 0 amide bonds. The molecule has 0 spiro atoms.